The molecule has 0 aliphatic heterocycles. The van der Waals surface area contributed by atoms with Crippen molar-refractivity contribution in [2.45, 2.75) is 19.8 Å². The van der Waals surface area contributed by atoms with Gasteiger partial charge in [0, 0.05) is 11.3 Å². The first-order chi connectivity index (χ1) is 9.97. The number of rotatable bonds is 4. The Balaban J connectivity index is 2.52. The predicted octanol–water partition coefficient (Wildman–Crippen LogP) is 3.97. The zero-order valence-electron chi connectivity index (χ0n) is 12.2. The Morgan fingerprint density at radius 1 is 1.14 bits per heavy atom. The molecule has 0 amide bonds. The summed E-state index contributed by atoms with van der Waals surface area (Å²) in [4.78, 5) is 23.6. The van der Waals surface area contributed by atoms with Crippen LogP contribution in [-0.4, -0.2) is 18.9 Å². The van der Waals surface area contributed by atoms with Crippen LogP contribution < -0.4 is 0 Å². The third-order valence-electron chi connectivity index (χ3n) is 3.78. The molecule has 2 atom stereocenters. The largest absolute Gasteiger partial charge is 0.468 e. The number of carbonyl (C=O) groups excluding carboxylic acids is 2. The van der Waals surface area contributed by atoms with Crippen molar-refractivity contribution in [1.29, 1.82) is 0 Å². The molecule has 0 radical (unpaired) electrons. The minimum Gasteiger partial charge on any atom is -0.468 e. The fourth-order valence-electron chi connectivity index (χ4n) is 2.63. The Morgan fingerprint density at radius 3 is 2.43 bits per heavy atom. The molecule has 2 aromatic rings. The molecule has 0 aliphatic rings. The van der Waals surface area contributed by atoms with Crippen molar-refractivity contribution in [3.8, 4) is 0 Å². The van der Waals surface area contributed by atoms with E-state index in [2.05, 4.69) is 0 Å². The maximum Gasteiger partial charge on any atom is 0.316 e. The van der Waals surface area contributed by atoms with Crippen molar-refractivity contribution in [2.24, 2.45) is 5.92 Å². The standard InChI is InChI=1S/C17H17ClO3/c1-10(15(11(2)19)17(20)21-3)13-9-8-12-6-4-5-7-14(12)16(13)18/h4-10,15H,1-3H3. The fourth-order valence-corrected chi connectivity index (χ4v) is 3.04. The van der Waals surface area contributed by atoms with Gasteiger partial charge < -0.3 is 4.74 Å². The number of esters is 1. The van der Waals surface area contributed by atoms with Crippen molar-refractivity contribution in [2.75, 3.05) is 7.11 Å². The van der Waals surface area contributed by atoms with Gasteiger partial charge in [-0.25, -0.2) is 0 Å². The second-order valence-electron chi connectivity index (χ2n) is 5.09. The third-order valence-corrected chi connectivity index (χ3v) is 4.20. The highest BCUT2D eigenvalue weighted by atomic mass is 35.5. The van der Waals surface area contributed by atoms with Gasteiger partial charge in [0.15, 0.2) is 0 Å². The predicted molar refractivity (Wildman–Crippen MR) is 83.6 cm³/mol. The maximum absolute atomic E-state index is 11.9. The highest BCUT2D eigenvalue weighted by molar-refractivity contribution is 6.36. The summed E-state index contributed by atoms with van der Waals surface area (Å²) in [7, 11) is 1.28. The summed E-state index contributed by atoms with van der Waals surface area (Å²) in [6, 6.07) is 11.6. The second-order valence-corrected chi connectivity index (χ2v) is 5.47. The molecule has 0 saturated heterocycles. The number of ketones is 1. The van der Waals surface area contributed by atoms with E-state index in [4.69, 9.17) is 16.3 Å². The average Bonchev–Trinajstić information content (AvgIpc) is 2.47. The lowest BCUT2D eigenvalue weighted by molar-refractivity contribution is -0.149. The molecule has 0 fully saturated rings. The number of ether oxygens (including phenoxy) is 1. The van der Waals surface area contributed by atoms with Crippen molar-refractivity contribution in [3.63, 3.8) is 0 Å². The van der Waals surface area contributed by atoms with Crippen molar-refractivity contribution < 1.29 is 14.3 Å². The third kappa shape index (κ3) is 2.93. The molecule has 0 N–H and O–H groups in total. The first-order valence-corrected chi connectivity index (χ1v) is 7.10. The molecule has 110 valence electrons. The number of fused-ring (bicyclic) bond motifs is 1. The van der Waals surface area contributed by atoms with Gasteiger partial charge in [-0.15, -0.1) is 0 Å². The Labute approximate surface area is 128 Å². The van der Waals surface area contributed by atoms with Gasteiger partial charge in [-0.3, -0.25) is 9.59 Å². The number of hydrogen-bond donors (Lipinski definition) is 0. The summed E-state index contributed by atoms with van der Waals surface area (Å²) in [6.07, 6.45) is 0. The summed E-state index contributed by atoms with van der Waals surface area (Å²) in [5.74, 6) is -1.93. The molecule has 2 unspecified atom stereocenters. The molecule has 0 saturated carbocycles. The number of halogens is 1. The molecule has 0 aromatic heterocycles. The minimum atomic E-state index is -0.839. The molecule has 3 nitrogen and oxygen atoms in total. The summed E-state index contributed by atoms with van der Waals surface area (Å²) in [6.45, 7) is 3.21. The Morgan fingerprint density at radius 2 is 1.81 bits per heavy atom. The van der Waals surface area contributed by atoms with Gasteiger partial charge in [-0.1, -0.05) is 54.9 Å². The zero-order valence-corrected chi connectivity index (χ0v) is 13.0. The molecule has 0 bridgehead atoms. The van der Waals surface area contributed by atoms with E-state index in [1.807, 2.05) is 43.3 Å². The summed E-state index contributed by atoms with van der Waals surface area (Å²) in [5.41, 5.74) is 0.779. The summed E-state index contributed by atoms with van der Waals surface area (Å²) >= 11 is 6.47. The number of hydrogen-bond acceptors (Lipinski definition) is 3. The van der Waals surface area contributed by atoms with E-state index >= 15 is 0 Å². The number of methoxy groups -OCH3 is 1. The average molecular weight is 305 g/mol. The Kier molecular flexibility index (Phi) is 4.63. The van der Waals surface area contributed by atoms with Gasteiger partial charge in [0.05, 0.1) is 12.1 Å². The lowest BCUT2D eigenvalue weighted by Gasteiger charge is -2.21. The number of benzene rings is 2. The summed E-state index contributed by atoms with van der Waals surface area (Å²) in [5, 5.41) is 2.52. The van der Waals surface area contributed by atoms with Crippen LogP contribution in [0.2, 0.25) is 5.02 Å². The van der Waals surface area contributed by atoms with Gasteiger partial charge >= 0.3 is 5.97 Å². The van der Waals surface area contributed by atoms with Gasteiger partial charge in [0.25, 0.3) is 0 Å². The van der Waals surface area contributed by atoms with E-state index < -0.39 is 11.9 Å². The van der Waals surface area contributed by atoms with Gasteiger partial charge in [-0.05, 0) is 17.9 Å². The Bertz CT molecular complexity index is 693. The smallest absolute Gasteiger partial charge is 0.316 e. The molecule has 2 aromatic carbocycles. The van der Waals surface area contributed by atoms with E-state index in [0.29, 0.717) is 5.02 Å². The van der Waals surface area contributed by atoms with Crippen LogP contribution >= 0.6 is 11.6 Å². The first kappa shape index (κ1) is 15.5. The molecule has 0 spiro atoms. The first-order valence-electron chi connectivity index (χ1n) is 6.72. The van der Waals surface area contributed by atoms with Crippen LogP contribution in [0.25, 0.3) is 10.8 Å². The molecule has 2 rings (SSSR count). The van der Waals surface area contributed by atoms with Crippen LogP contribution in [0, 0.1) is 5.92 Å². The van der Waals surface area contributed by atoms with E-state index in [-0.39, 0.29) is 11.7 Å². The molecule has 0 heterocycles. The number of Topliss-reactive ketones (excluding diaryl/α,β-unsaturated/α-hetero) is 1. The summed E-state index contributed by atoms with van der Waals surface area (Å²) < 4.78 is 4.74. The highest BCUT2D eigenvalue weighted by Gasteiger charge is 2.32. The Hall–Kier alpha value is -1.87. The van der Waals surface area contributed by atoms with Crippen molar-refractivity contribution >= 4 is 34.1 Å². The normalized spacial score (nSPS) is 13.7. The number of carbonyl (C=O) groups is 2. The van der Waals surface area contributed by atoms with Crippen LogP contribution in [0.15, 0.2) is 36.4 Å². The lowest BCUT2D eigenvalue weighted by Crippen LogP contribution is -2.28. The monoisotopic (exact) mass is 304 g/mol. The fraction of sp³-hybridized carbons (Fsp3) is 0.294. The molecule has 21 heavy (non-hydrogen) atoms. The SMILES string of the molecule is COC(=O)C(C(C)=O)C(C)c1ccc2ccccc2c1Cl. The van der Waals surface area contributed by atoms with E-state index in [9.17, 15) is 9.59 Å². The van der Waals surface area contributed by atoms with Crippen LogP contribution in [0.1, 0.15) is 25.3 Å². The van der Waals surface area contributed by atoms with E-state index in [1.165, 1.54) is 14.0 Å². The van der Waals surface area contributed by atoms with Crippen molar-refractivity contribution in [3.05, 3.63) is 47.0 Å². The quantitative estimate of drug-likeness (QED) is 0.634. The molecular weight excluding hydrogens is 288 g/mol. The van der Waals surface area contributed by atoms with E-state index in [0.717, 1.165) is 16.3 Å². The lowest BCUT2D eigenvalue weighted by atomic mass is 9.84. The highest BCUT2D eigenvalue weighted by Crippen LogP contribution is 2.35. The second kappa shape index (κ2) is 6.27. The molecular formula is C17H17ClO3. The minimum absolute atomic E-state index is 0.224. The van der Waals surface area contributed by atoms with E-state index in [1.54, 1.807) is 0 Å². The van der Waals surface area contributed by atoms with Gasteiger partial charge in [-0.2, -0.15) is 0 Å². The van der Waals surface area contributed by atoms with Crippen molar-refractivity contribution in [1.82, 2.24) is 0 Å². The topological polar surface area (TPSA) is 43.4 Å². The van der Waals surface area contributed by atoms with Gasteiger partial charge in [0.2, 0.25) is 0 Å². The zero-order chi connectivity index (χ0) is 15.6. The molecule has 0 aliphatic carbocycles. The molecule has 4 heteroatoms. The van der Waals surface area contributed by atoms with Crippen LogP contribution in [0.4, 0.5) is 0 Å². The van der Waals surface area contributed by atoms with Crippen LogP contribution in [0.5, 0.6) is 0 Å². The van der Waals surface area contributed by atoms with Gasteiger partial charge in [0.1, 0.15) is 11.7 Å². The van der Waals surface area contributed by atoms with Crippen LogP contribution in [-0.2, 0) is 14.3 Å². The van der Waals surface area contributed by atoms with Crippen LogP contribution in [0.3, 0.4) is 0 Å². The maximum atomic E-state index is 11.9.